The van der Waals surface area contributed by atoms with Gasteiger partial charge in [-0.3, -0.25) is 0 Å². The van der Waals surface area contributed by atoms with Crippen LogP contribution in [0.3, 0.4) is 0 Å². The van der Waals surface area contributed by atoms with E-state index in [1.165, 1.54) is 6.07 Å². The monoisotopic (exact) mass is 253 g/mol. The molecule has 2 bridgehead atoms. The second-order valence-corrected chi connectivity index (χ2v) is 5.66. The first-order valence-electron chi connectivity index (χ1n) is 6.42. The molecule has 4 heteroatoms. The van der Waals surface area contributed by atoms with Crippen molar-refractivity contribution in [3.05, 3.63) is 34.9 Å². The summed E-state index contributed by atoms with van der Waals surface area (Å²) in [5, 5.41) is 14.1. The molecule has 2 saturated heterocycles. The average Bonchev–Trinajstić information content (AvgIpc) is 2.64. The van der Waals surface area contributed by atoms with Gasteiger partial charge in [-0.15, -0.1) is 0 Å². The molecule has 0 aliphatic carbocycles. The normalized spacial score (nSPS) is 34.9. The van der Waals surface area contributed by atoms with Crippen LogP contribution in [0.5, 0.6) is 0 Å². The zero-order valence-corrected chi connectivity index (χ0v) is 10.3. The molecular formula is C14H17F2NO. The van der Waals surface area contributed by atoms with Crippen LogP contribution in [0, 0.1) is 18.6 Å². The number of piperidine rings is 1. The first kappa shape index (κ1) is 12.1. The third-order valence-electron chi connectivity index (χ3n) is 4.25. The maximum atomic E-state index is 13.9. The van der Waals surface area contributed by atoms with Gasteiger partial charge in [-0.1, -0.05) is 0 Å². The minimum Gasteiger partial charge on any atom is -0.385 e. The number of benzene rings is 1. The van der Waals surface area contributed by atoms with E-state index in [1.807, 2.05) is 0 Å². The summed E-state index contributed by atoms with van der Waals surface area (Å²) in [5.74, 6) is -1.20. The lowest BCUT2D eigenvalue weighted by Crippen LogP contribution is -2.47. The highest BCUT2D eigenvalue weighted by Gasteiger charge is 2.44. The van der Waals surface area contributed by atoms with Gasteiger partial charge in [-0.25, -0.2) is 8.78 Å². The molecule has 2 aliphatic heterocycles. The zero-order chi connectivity index (χ0) is 12.9. The third kappa shape index (κ3) is 1.84. The van der Waals surface area contributed by atoms with Gasteiger partial charge in [0, 0.05) is 23.7 Å². The summed E-state index contributed by atoms with van der Waals surface area (Å²) in [6.07, 6.45) is 3.06. The summed E-state index contributed by atoms with van der Waals surface area (Å²) in [7, 11) is 0. The van der Waals surface area contributed by atoms with Gasteiger partial charge in [0.2, 0.25) is 0 Å². The zero-order valence-electron chi connectivity index (χ0n) is 10.3. The molecule has 98 valence electrons. The van der Waals surface area contributed by atoms with Crippen molar-refractivity contribution in [2.45, 2.75) is 50.3 Å². The first-order valence-corrected chi connectivity index (χ1v) is 6.42. The van der Waals surface area contributed by atoms with E-state index in [2.05, 4.69) is 5.32 Å². The smallest absolute Gasteiger partial charge is 0.132 e. The fourth-order valence-electron chi connectivity index (χ4n) is 3.36. The van der Waals surface area contributed by atoms with Crippen molar-refractivity contribution >= 4 is 0 Å². The number of nitrogens with one attached hydrogen (secondary N) is 1. The highest BCUT2D eigenvalue weighted by molar-refractivity contribution is 5.31. The molecule has 2 unspecified atom stereocenters. The van der Waals surface area contributed by atoms with Crippen molar-refractivity contribution in [3.63, 3.8) is 0 Å². The molecule has 1 aromatic carbocycles. The Morgan fingerprint density at radius 3 is 2.39 bits per heavy atom. The van der Waals surface area contributed by atoms with Crippen molar-refractivity contribution < 1.29 is 13.9 Å². The molecule has 2 aliphatic rings. The number of fused-ring (bicyclic) bond motifs is 2. The Balaban J connectivity index is 2.01. The first-order chi connectivity index (χ1) is 8.48. The van der Waals surface area contributed by atoms with Crippen molar-refractivity contribution in [3.8, 4) is 0 Å². The maximum absolute atomic E-state index is 13.9. The second-order valence-electron chi connectivity index (χ2n) is 5.66. The maximum Gasteiger partial charge on any atom is 0.132 e. The quantitative estimate of drug-likeness (QED) is 0.805. The molecule has 2 nitrogen and oxygen atoms in total. The van der Waals surface area contributed by atoms with Crippen LogP contribution in [0.25, 0.3) is 0 Å². The molecule has 0 spiro atoms. The summed E-state index contributed by atoms with van der Waals surface area (Å²) < 4.78 is 27.2. The van der Waals surface area contributed by atoms with Gasteiger partial charge in [0.1, 0.15) is 11.6 Å². The third-order valence-corrected chi connectivity index (χ3v) is 4.25. The Kier molecular flexibility index (Phi) is 2.68. The summed E-state index contributed by atoms with van der Waals surface area (Å²) in [5.41, 5.74) is -0.523. The van der Waals surface area contributed by atoms with Crippen LogP contribution < -0.4 is 5.32 Å². The van der Waals surface area contributed by atoms with Crippen LogP contribution in [0.15, 0.2) is 12.1 Å². The van der Waals surface area contributed by atoms with Gasteiger partial charge in [0.15, 0.2) is 0 Å². The van der Waals surface area contributed by atoms with E-state index in [9.17, 15) is 13.9 Å². The Bertz CT molecular complexity index is 477. The fourth-order valence-corrected chi connectivity index (χ4v) is 3.36. The van der Waals surface area contributed by atoms with Gasteiger partial charge in [-0.2, -0.15) is 0 Å². The minimum absolute atomic E-state index is 0.249. The number of hydrogen-bond donors (Lipinski definition) is 2. The lowest BCUT2D eigenvalue weighted by molar-refractivity contribution is -0.0145. The van der Waals surface area contributed by atoms with Crippen molar-refractivity contribution in [1.29, 1.82) is 0 Å². The van der Waals surface area contributed by atoms with Crippen LogP contribution in [0.2, 0.25) is 0 Å². The highest BCUT2D eigenvalue weighted by Crippen LogP contribution is 2.41. The SMILES string of the molecule is Cc1cc(C2(O)CC3CCC(C2)N3)c(F)cc1F. The number of rotatable bonds is 1. The van der Waals surface area contributed by atoms with Crippen LogP contribution in [0.1, 0.15) is 36.8 Å². The summed E-state index contributed by atoms with van der Waals surface area (Å²) in [6.45, 7) is 1.59. The van der Waals surface area contributed by atoms with Gasteiger partial charge >= 0.3 is 0 Å². The Hall–Kier alpha value is -1.00. The molecule has 0 radical (unpaired) electrons. The molecule has 2 fully saturated rings. The van der Waals surface area contributed by atoms with E-state index >= 15 is 0 Å². The van der Waals surface area contributed by atoms with Crippen LogP contribution in [0.4, 0.5) is 8.78 Å². The van der Waals surface area contributed by atoms with Crippen molar-refractivity contribution in [2.24, 2.45) is 0 Å². The Labute approximate surface area is 105 Å². The highest BCUT2D eigenvalue weighted by atomic mass is 19.1. The molecule has 2 heterocycles. The van der Waals surface area contributed by atoms with E-state index < -0.39 is 17.2 Å². The van der Waals surface area contributed by atoms with Crippen LogP contribution >= 0.6 is 0 Å². The topological polar surface area (TPSA) is 32.3 Å². The average molecular weight is 253 g/mol. The second kappa shape index (κ2) is 4.00. The van der Waals surface area contributed by atoms with Crippen LogP contribution in [-0.2, 0) is 5.60 Å². The van der Waals surface area contributed by atoms with E-state index in [1.54, 1.807) is 6.92 Å². The molecule has 2 atom stereocenters. The number of hydrogen-bond acceptors (Lipinski definition) is 2. The molecule has 2 N–H and O–H groups in total. The summed E-state index contributed by atoms with van der Waals surface area (Å²) in [6, 6.07) is 2.83. The summed E-state index contributed by atoms with van der Waals surface area (Å²) >= 11 is 0. The van der Waals surface area contributed by atoms with Gasteiger partial charge in [-0.05, 0) is 44.2 Å². The van der Waals surface area contributed by atoms with Crippen LogP contribution in [-0.4, -0.2) is 17.2 Å². The van der Waals surface area contributed by atoms with E-state index in [4.69, 9.17) is 0 Å². The molecular weight excluding hydrogens is 236 g/mol. The van der Waals surface area contributed by atoms with Crippen molar-refractivity contribution in [1.82, 2.24) is 5.32 Å². The van der Waals surface area contributed by atoms with Gasteiger partial charge in [0.05, 0.1) is 5.60 Å². The van der Waals surface area contributed by atoms with E-state index in [0.29, 0.717) is 18.4 Å². The lowest BCUT2D eigenvalue weighted by Gasteiger charge is -2.37. The summed E-state index contributed by atoms with van der Waals surface area (Å²) in [4.78, 5) is 0. The molecule has 1 aromatic rings. The lowest BCUT2D eigenvalue weighted by atomic mass is 9.81. The standard InChI is InChI=1S/C14H17F2NO/c1-8-4-11(13(16)5-12(8)15)14(18)6-9-2-3-10(7-14)17-9/h4-5,9-10,17-18H,2-3,6-7H2,1H3. The van der Waals surface area contributed by atoms with E-state index in [-0.39, 0.29) is 17.6 Å². The largest absolute Gasteiger partial charge is 0.385 e. The molecule has 0 amide bonds. The molecule has 0 aromatic heterocycles. The van der Waals surface area contributed by atoms with Crippen molar-refractivity contribution in [2.75, 3.05) is 0 Å². The minimum atomic E-state index is -1.15. The number of halogens is 2. The Morgan fingerprint density at radius 1 is 1.17 bits per heavy atom. The molecule has 3 rings (SSSR count). The van der Waals surface area contributed by atoms with E-state index in [0.717, 1.165) is 18.9 Å². The predicted molar refractivity (Wildman–Crippen MR) is 64.2 cm³/mol. The van der Waals surface area contributed by atoms with Gasteiger partial charge in [0.25, 0.3) is 0 Å². The molecule has 18 heavy (non-hydrogen) atoms. The molecule has 0 saturated carbocycles. The Morgan fingerprint density at radius 2 is 1.78 bits per heavy atom. The van der Waals surface area contributed by atoms with Gasteiger partial charge < -0.3 is 10.4 Å². The fraction of sp³-hybridized carbons (Fsp3) is 0.571. The predicted octanol–water partition coefficient (Wildman–Crippen LogP) is 2.38. The number of aryl methyl sites for hydroxylation is 1. The number of aliphatic hydroxyl groups is 1.